The topological polar surface area (TPSA) is 46.5 Å². The van der Waals surface area contributed by atoms with Gasteiger partial charge in [0.15, 0.2) is 0 Å². The van der Waals surface area contributed by atoms with Crippen molar-refractivity contribution in [3.05, 3.63) is 0 Å². The molecule has 0 aromatic carbocycles. The van der Waals surface area contributed by atoms with Crippen LogP contribution in [0.15, 0.2) is 0 Å². The Morgan fingerprint density at radius 3 is 2.00 bits per heavy atom. The molecule has 1 saturated carbocycles. The average Bonchev–Trinajstić information content (AvgIpc) is 2.29. The molecule has 3 heteroatoms. The van der Waals surface area contributed by atoms with Crippen molar-refractivity contribution in [1.29, 1.82) is 0 Å². The summed E-state index contributed by atoms with van der Waals surface area (Å²) >= 11 is 0. The molecule has 0 aliphatic heterocycles. The minimum atomic E-state index is -0.764. The Kier molecular flexibility index (Phi) is 1.53. The number of carbonyl (C=O) groups is 1. The van der Waals surface area contributed by atoms with E-state index in [0.29, 0.717) is 0 Å². The predicted molar refractivity (Wildman–Crippen MR) is 40.3 cm³/mol. The van der Waals surface area contributed by atoms with Crippen LogP contribution < -0.4 is 0 Å². The summed E-state index contributed by atoms with van der Waals surface area (Å²) < 4.78 is 5.16. The molecule has 2 unspecified atom stereocenters. The number of rotatable bonds is 2. The summed E-state index contributed by atoms with van der Waals surface area (Å²) in [6, 6.07) is 0. The molecule has 0 saturated heterocycles. The second kappa shape index (κ2) is 1.97. The SMILES string of the molecule is COC1(C)C(C(=O)O)C1(C)C. The van der Waals surface area contributed by atoms with E-state index in [4.69, 9.17) is 9.84 Å². The highest BCUT2D eigenvalue weighted by molar-refractivity contribution is 5.77. The molecule has 1 aliphatic carbocycles. The second-order valence-electron chi connectivity index (χ2n) is 3.80. The van der Waals surface area contributed by atoms with Crippen molar-refractivity contribution in [3.8, 4) is 0 Å². The lowest BCUT2D eigenvalue weighted by molar-refractivity contribution is -0.140. The van der Waals surface area contributed by atoms with Crippen LogP contribution in [0.4, 0.5) is 0 Å². The number of hydrogen-bond donors (Lipinski definition) is 1. The molecule has 0 amide bonds. The summed E-state index contributed by atoms with van der Waals surface area (Å²) in [5.74, 6) is -1.13. The first kappa shape index (κ1) is 8.53. The molecule has 1 fully saturated rings. The third-order valence-electron chi connectivity index (χ3n) is 3.14. The molecule has 1 N–H and O–H groups in total. The first-order chi connectivity index (χ1) is 4.88. The minimum Gasteiger partial charge on any atom is -0.481 e. The van der Waals surface area contributed by atoms with Crippen molar-refractivity contribution in [1.82, 2.24) is 0 Å². The number of hydrogen-bond acceptors (Lipinski definition) is 2. The van der Waals surface area contributed by atoms with E-state index < -0.39 is 11.6 Å². The Labute approximate surface area is 66.4 Å². The maximum Gasteiger partial charge on any atom is 0.310 e. The number of carboxylic acid groups (broad SMARTS) is 1. The van der Waals surface area contributed by atoms with E-state index in [-0.39, 0.29) is 11.3 Å². The molecule has 0 aromatic heterocycles. The Balaban J connectivity index is 2.83. The van der Waals surface area contributed by atoms with Gasteiger partial charge in [0.2, 0.25) is 0 Å². The summed E-state index contributed by atoms with van der Waals surface area (Å²) in [7, 11) is 1.56. The molecule has 0 heterocycles. The summed E-state index contributed by atoms with van der Waals surface area (Å²) in [6.45, 7) is 5.66. The van der Waals surface area contributed by atoms with Crippen molar-refractivity contribution in [2.75, 3.05) is 7.11 Å². The Bertz CT molecular complexity index is 198. The van der Waals surface area contributed by atoms with Crippen LogP contribution in [0, 0.1) is 11.3 Å². The van der Waals surface area contributed by atoms with E-state index in [1.807, 2.05) is 20.8 Å². The van der Waals surface area contributed by atoms with Gasteiger partial charge in [0, 0.05) is 12.5 Å². The van der Waals surface area contributed by atoms with Crippen molar-refractivity contribution < 1.29 is 14.6 Å². The van der Waals surface area contributed by atoms with Crippen molar-refractivity contribution in [2.24, 2.45) is 11.3 Å². The third-order valence-corrected chi connectivity index (χ3v) is 3.14. The van der Waals surface area contributed by atoms with Crippen molar-refractivity contribution >= 4 is 5.97 Å². The quantitative estimate of drug-likeness (QED) is 0.655. The number of ether oxygens (including phenoxy) is 1. The van der Waals surface area contributed by atoms with Crippen LogP contribution in [-0.4, -0.2) is 23.8 Å². The van der Waals surface area contributed by atoms with Crippen LogP contribution in [0.5, 0.6) is 0 Å². The van der Waals surface area contributed by atoms with Gasteiger partial charge >= 0.3 is 5.97 Å². The average molecular weight is 158 g/mol. The zero-order chi connectivity index (χ0) is 8.86. The van der Waals surface area contributed by atoms with Gasteiger partial charge in [-0.05, 0) is 6.92 Å². The Morgan fingerprint density at radius 1 is 1.45 bits per heavy atom. The summed E-state index contributed by atoms with van der Waals surface area (Å²) in [5.41, 5.74) is -0.702. The molecule has 0 spiro atoms. The number of carboxylic acids is 1. The highest BCUT2D eigenvalue weighted by atomic mass is 16.5. The molecular formula is C8H14O3. The molecule has 0 radical (unpaired) electrons. The molecule has 64 valence electrons. The smallest absolute Gasteiger partial charge is 0.310 e. The van der Waals surface area contributed by atoms with Crippen LogP contribution in [0.3, 0.4) is 0 Å². The Hall–Kier alpha value is -0.570. The molecule has 11 heavy (non-hydrogen) atoms. The molecule has 3 nitrogen and oxygen atoms in total. The lowest BCUT2D eigenvalue weighted by Crippen LogP contribution is -2.16. The van der Waals surface area contributed by atoms with E-state index in [2.05, 4.69) is 0 Å². The second-order valence-corrected chi connectivity index (χ2v) is 3.80. The van der Waals surface area contributed by atoms with Gasteiger partial charge in [-0.2, -0.15) is 0 Å². The van der Waals surface area contributed by atoms with Gasteiger partial charge in [-0.1, -0.05) is 13.8 Å². The molecule has 1 rings (SSSR count). The standard InChI is InChI=1S/C8H14O3/c1-7(2)5(6(9)10)8(7,3)11-4/h5H,1-4H3,(H,9,10). The largest absolute Gasteiger partial charge is 0.481 e. The van der Waals surface area contributed by atoms with Gasteiger partial charge in [0.25, 0.3) is 0 Å². The third kappa shape index (κ3) is 0.805. The van der Waals surface area contributed by atoms with Crippen LogP contribution >= 0.6 is 0 Å². The van der Waals surface area contributed by atoms with Crippen molar-refractivity contribution in [3.63, 3.8) is 0 Å². The van der Waals surface area contributed by atoms with Crippen LogP contribution in [0.2, 0.25) is 0 Å². The maximum atomic E-state index is 10.7. The lowest BCUT2D eigenvalue weighted by Gasteiger charge is -2.10. The molecular weight excluding hydrogens is 144 g/mol. The van der Waals surface area contributed by atoms with Crippen LogP contribution in [0.1, 0.15) is 20.8 Å². The highest BCUT2D eigenvalue weighted by Gasteiger charge is 2.73. The summed E-state index contributed by atoms with van der Waals surface area (Å²) in [5, 5.41) is 8.78. The van der Waals surface area contributed by atoms with Gasteiger partial charge in [0.05, 0.1) is 11.5 Å². The van der Waals surface area contributed by atoms with E-state index >= 15 is 0 Å². The molecule has 2 atom stereocenters. The van der Waals surface area contributed by atoms with E-state index in [1.165, 1.54) is 0 Å². The summed E-state index contributed by atoms with van der Waals surface area (Å²) in [6.07, 6.45) is 0. The van der Waals surface area contributed by atoms with Gasteiger partial charge in [-0.3, -0.25) is 4.79 Å². The minimum absolute atomic E-state index is 0.229. The molecule has 0 aromatic rings. The van der Waals surface area contributed by atoms with Crippen LogP contribution in [-0.2, 0) is 9.53 Å². The van der Waals surface area contributed by atoms with Gasteiger partial charge < -0.3 is 9.84 Å². The highest BCUT2D eigenvalue weighted by Crippen LogP contribution is 2.63. The molecule has 0 bridgehead atoms. The zero-order valence-electron chi connectivity index (χ0n) is 7.34. The van der Waals surface area contributed by atoms with Crippen molar-refractivity contribution in [2.45, 2.75) is 26.4 Å². The van der Waals surface area contributed by atoms with Gasteiger partial charge in [-0.15, -0.1) is 0 Å². The van der Waals surface area contributed by atoms with E-state index in [9.17, 15) is 4.79 Å². The number of methoxy groups -OCH3 is 1. The maximum absolute atomic E-state index is 10.7. The first-order valence-corrected chi connectivity index (χ1v) is 3.66. The van der Waals surface area contributed by atoms with E-state index in [1.54, 1.807) is 7.11 Å². The van der Waals surface area contributed by atoms with E-state index in [0.717, 1.165) is 0 Å². The molecule has 1 aliphatic rings. The summed E-state index contributed by atoms with van der Waals surface area (Å²) in [4.78, 5) is 10.7. The fourth-order valence-electron chi connectivity index (χ4n) is 1.87. The Morgan fingerprint density at radius 2 is 1.91 bits per heavy atom. The lowest BCUT2D eigenvalue weighted by atomic mass is 10.1. The monoisotopic (exact) mass is 158 g/mol. The normalized spacial score (nSPS) is 40.2. The fraction of sp³-hybridized carbons (Fsp3) is 0.875. The van der Waals surface area contributed by atoms with Crippen LogP contribution in [0.25, 0.3) is 0 Å². The van der Waals surface area contributed by atoms with Gasteiger partial charge in [-0.25, -0.2) is 0 Å². The zero-order valence-corrected chi connectivity index (χ0v) is 7.34. The fourth-order valence-corrected chi connectivity index (χ4v) is 1.87. The first-order valence-electron chi connectivity index (χ1n) is 3.66. The van der Waals surface area contributed by atoms with Gasteiger partial charge in [0.1, 0.15) is 0 Å². The number of aliphatic carboxylic acids is 1. The predicted octanol–water partition coefficient (Wildman–Crippen LogP) is 1.13.